The van der Waals surface area contributed by atoms with E-state index in [0.717, 1.165) is 0 Å². The zero-order chi connectivity index (χ0) is 23.7. The summed E-state index contributed by atoms with van der Waals surface area (Å²) in [4.78, 5) is 24.5. The van der Waals surface area contributed by atoms with Gasteiger partial charge in [0.05, 0.1) is 46.3 Å². The fraction of sp³-hybridized carbons (Fsp3) is 0.273. The molecule has 1 atom stereocenters. The smallest absolute Gasteiger partial charge is 0.248 e. The molecule has 2 rings (SSSR count). The van der Waals surface area contributed by atoms with Crippen molar-refractivity contribution in [1.29, 1.82) is 0 Å². The molecule has 0 heterocycles. The van der Waals surface area contributed by atoms with Gasteiger partial charge >= 0.3 is 0 Å². The number of carbonyl (C=O) groups is 2. The number of aliphatic hydroxyl groups excluding tert-OH is 1. The summed E-state index contributed by atoms with van der Waals surface area (Å²) >= 11 is 0. The number of carbonyl (C=O) groups excluding carboxylic acids is 2. The second-order valence-electron chi connectivity index (χ2n) is 6.46. The molecule has 0 aliphatic heterocycles. The number of hydrogen-bond donors (Lipinski definition) is 4. The molecular formula is C22H27N3O7. The van der Waals surface area contributed by atoms with Gasteiger partial charge in [0.2, 0.25) is 11.8 Å². The number of aliphatic hydroxyl groups is 1. The van der Waals surface area contributed by atoms with Gasteiger partial charge in [0.25, 0.3) is 0 Å². The summed E-state index contributed by atoms with van der Waals surface area (Å²) in [6.45, 7) is -0.506. The molecule has 0 radical (unpaired) electrons. The van der Waals surface area contributed by atoms with Crippen molar-refractivity contribution in [3.8, 4) is 23.0 Å². The molecule has 0 saturated carbocycles. The van der Waals surface area contributed by atoms with Gasteiger partial charge in [0, 0.05) is 23.9 Å². The summed E-state index contributed by atoms with van der Waals surface area (Å²) in [6.07, 6.45) is 2.87. The largest absolute Gasteiger partial charge is 0.496 e. The van der Waals surface area contributed by atoms with Gasteiger partial charge < -0.3 is 40.4 Å². The quantitative estimate of drug-likeness (QED) is 0.405. The van der Waals surface area contributed by atoms with Crippen LogP contribution >= 0.6 is 0 Å². The topological polar surface area (TPSA) is 141 Å². The van der Waals surface area contributed by atoms with Crippen LogP contribution in [0.2, 0.25) is 0 Å². The maximum absolute atomic E-state index is 12.5. The average molecular weight is 445 g/mol. The summed E-state index contributed by atoms with van der Waals surface area (Å²) in [7, 11) is 5.97. The van der Waals surface area contributed by atoms with Crippen LogP contribution in [-0.4, -0.2) is 58.0 Å². The van der Waals surface area contributed by atoms with Crippen molar-refractivity contribution < 1.29 is 33.6 Å². The number of anilines is 2. The van der Waals surface area contributed by atoms with Gasteiger partial charge in [-0.25, -0.2) is 0 Å². The second-order valence-corrected chi connectivity index (χ2v) is 6.46. The van der Waals surface area contributed by atoms with Crippen LogP contribution < -0.4 is 35.3 Å². The van der Waals surface area contributed by atoms with E-state index in [9.17, 15) is 9.59 Å². The first-order valence-corrected chi connectivity index (χ1v) is 9.51. The highest BCUT2D eigenvalue weighted by Crippen LogP contribution is 2.35. The lowest BCUT2D eigenvalue weighted by atomic mass is 10.1. The van der Waals surface area contributed by atoms with Crippen molar-refractivity contribution in [2.45, 2.75) is 6.04 Å². The van der Waals surface area contributed by atoms with Crippen LogP contribution in [0, 0.1) is 0 Å². The number of ether oxygens (including phenoxy) is 4. The van der Waals surface area contributed by atoms with Crippen LogP contribution in [0.25, 0.3) is 6.08 Å². The van der Waals surface area contributed by atoms with Crippen LogP contribution in [0.5, 0.6) is 23.0 Å². The Labute approximate surface area is 185 Å². The summed E-state index contributed by atoms with van der Waals surface area (Å²) in [5.41, 5.74) is 6.78. The summed E-state index contributed by atoms with van der Waals surface area (Å²) < 4.78 is 21.2. The van der Waals surface area contributed by atoms with E-state index in [4.69, 9.17) is 29.8 Å². The summed E-state index contributed by atoms with van der Waals surface area (Å²) in [5, 5.41) is 14.3. The van der Waals surface area contributed by atoms with Crippen molar-refractivity contribution in [2.24, 2.45) is 5.73 Å². The van der Waals surface area contributed by atoms with E-state index in [2.05, 4.69) is 10.6 Å². The first-order chi connectivity index (χ1) is 15.4. The molecule has 0 aliphatic carbocycles. The number of nitrogens with one attached hydrogen (secondary N) is 2. The number of methoxy groups -OCH3 is 4. The Bertz CT molecular complexity index is 966. The minimum atomic E-state index is -1.09. The van der Waals surface area contributed by atoms with E-state index >= 15 is 0 Å². The third-order valence-corrected chi connectivity index (χ3v) is 4.41. The van der Waals surface area contributed by atoms with Gasteiger partial charge in [-0.05, 0) is 24.3 Å². The van der Waals surface area contributed by atoms with Gasteiger partial charge in [-0.3, -0.25) is 9.59 Å². The molecule has 0 saturated heterocycles. The molecule has 10 heteroatoms. The molecule has 172 valence electrons. The fourth-order valence-electron chi connectivity index (χ4n) is 2.73. The highest BCUT2D eigenvalue weighted by molar-refractivity contribution is 6.03. The molecule has 0 aliphatic rings. The van der Waals surface area contributed by atoms with Crippen LogP contribution in [-0.2, 0) is 9.59 Å². The molecule has 0 fully saturated rings. The molecule has 0 aromatic heterocycles. The Kier molecular flexibility index (Phi) is 8.87. The normalized spacial score (nSPS) is 11.6. The lowest BCUT2D eigenvalue weighted by Crippen LogP contribution is -2.38. The predicted molar refractivity (Wildman–Crippen MR) is 120 cm³/mol. The Morgan fingerprint density at radius 3 is 2.12 bits per heavy atom. The summed E-state index contributed by atoms with van der Waals surface area (Å²) in [6, 6.07) is 6.97. The number of rotatable bonds is 10. The maximum atomic E-state index is 12.5. The molecule has 2 amide bonds. The molecule has 0 spiro atoms. The highest BCUT2D eigenvalue weighted by atomic mass is 16.5. The van der Waals surface area contributed by atoms with Crippen LogP contribution in [0.15, 0.2) is 36.4 Å². The van der Waals surface area contributed by atoms with Crippen LogP contribution in [0.4, 0.5) is 11.4 Å². The fourth-order valence-corrected chi connectivity index (χ4v) is 2.73. The standard InChI is InChI=1S/C22H27N3O7/c1-29-14-10-19(31-3)15(20(11-14)32-4)6-8-21(27)24-13-5-7-18(30-2)17(9-13)25-22(28)16(23)12-26/h5-11,16,26H,12,23H2,1-4H3,(H,24,27)(H,25,28)/t16-/m0/s1. The Morgan fingerprint density at radius 2 is 1.59 bits per heavy atom. The molecule has 5 N–H and O–H groups in total. The van der Waals surface area contributed by atoms with Crippen molar-refractivity contribution in [3.63, 3.8) is 0 Å². The third-order valence-electron chi connectivity index (χ3n) is 4.41. The van der Waals surface area contributed by atoms with E-state index in [0.29, 0.717) is 39.9 Å². The first kappa shape index (κ1) is 24.5. The van der Waals surface area contributed by atoms with E-state index < -0.39 is 24.5 Å². The van der Waals surface area contributed by atoms with Gasteiger partial charge in [0.1, 0.15) is 29.0 Å². The Morgan fingerprint density at radius 1 is 0.969 bits per heavy atom. The molecule has 10 nitrogen and oxygen atoms in total. The van der Waals surface area contributed by atoms with Gasteiger partial charge in [-0.15, -0.1) is 0 Å². The second kappa shape index (κ2) is 11.6. The van der Waals surface area contributed by atoms with Crippen molar-refractivity contribution >= 4 is 29.3 Å². The van der Waals surface area contributed by atoms with E-state index in [1.807, 2.05) is 0 Å². The molecule has 32 heavy (non-hydrogen) atoms. The monoisotopic (exact) mass is 445 g/mol. The van der Waals surface area contributed by atoms with Crippen LogP contribution in [0.3, 0.4) is 0 Å². The summed E-state index contributed by atoms with van der Waals surface area (Å²) in [5.74, 6) is 0.839. The zero-order valence-corrected chi connectivity index (χ0v) is 18.3. The SMILES string of the molecule is COc1cc(OC)c(C=CC(=O)Nc2ccc(OC)c(NC(=O)[C@@H](N)CO)c2)c(OC)c1. The molecule has 2 aromatic carbocycles. The molecule has 0 unspecified atom stereocenters. The average Bonchev–Trinajstić information content (AvgIpc) is 2.81. The van der Waals surface area contributed by atoms with Crippen LogP contribution in [0.1, 0.15) is 5.56 Å². The third kappa shape index (κ3) is 6.13. The number of benzene rings is 2. The molecule has 2 aromatic rings. The predicted octanol–water partition coefficient (Wildman–Crippen LogP) is 1.63. The lowest BCUT2D eigenvalue weighted by molar-refractivity contribution is -0.118. The van der Waals surface area contributed by atoms with Crippen molar-refractivity contribution in [1.82, 2.24) is 0 Å². The minimum Gasteiger partial charge on any atom is -0.496 e. The Hall–Kier alpha value is -3.76. The van der Waals surface area contributed by atoms with E-state index in [1.165, 1.54) is 40.6 Å². The van der Waals surface area contributed by atoms with Gasteiger partial charge in [-0.1, -0.05) is 0 Å². The maximum Gasteiger partial charge on any atom is 0.248 e. The molecular weight excluding hydrogens is 418 g/mol. The van der Waals surface area contributed by atoms with Crippen molar-refractivity contribution in [3.05, 3.63) is 42.0 Å². The lowest BCUT2D eigenvalue weighted by Gasteiger charge is -2.14. The van der Waals surface area contributed by atoms with Crippen molar-refractivity contribution in [2.75, 3.05) is 45.7 Å². The Balaban J connectivity index is 2.22. The first-order valence-electron chi connectivity index (χ1n) is 9.51. The highest BCUT2D eigenvalue weighted by Gasteiger charge is 2.15. The minimum absolute atomic E-state index is 0.293. The van der Waals surface area contributed by atoms with Gasteiger partial charge in [-0.2, -0.15) is 0 Å². The number of nitrogens with two attached hydrogens (primary N) is 1. The number of amides is 2. The number of hydrogen-bond acceptors (Lipinski definition) is 8. The molecule has 0 bridgehead atoms. The zero-order valence-electron chi connectivity index (χ0n) is 18.3. The van der Waals surface area contributed by atoms with Gasteiger partial charge in [0.15, 0.2) is 0 Å². The van der Waals surface area contributed by atoms with E-state index in [1.54, 1.807) is 30.3 Å². The van der Waals surface area contributed by atoms with E-state index in [-0.39, 0.29) is 0 Å².